The average Bonchev–Trinajstić information content (AvgIpc) is 3.05. The number of amides is 1. The smallest absolute Gasteiger partial charge is 0.361 e. The van der Waals surface area contributed by atoms with E-state index in [0.29, 0.717) is 17.4 Å². The first-order chi connectivity index (χ1) is 14.2. The lowest BCUT2D eigenvalue weighted by atomic mass is 10.1. The highest BCUT2D eigenvalue weighted by molar-refractivity contribution is 5.97. The van der Waals surface area contributed by atoms with Gasteiger partial charge in [0.1, 0.15) is 11.6 Å². The van der Waals surface area contributed by atoms with Gasteiger partial charge in [-0.15, -0.1) is 5.10 Å². The Hall–Kier alpha value is -3.62. The number of esters is 1. The molecule has 1 heterocycles. The van der Waals surface area contributed by atoms with Gasteiger partial charge in [0.25, 0.3) is 5.91 Å². The van der Waals surface area contributed by atoms with Crippen molar-refractivity contribution >= 4 is 17.6 Å². The van der Waals surface area contributed by atoms with Crippen LogP contribution < -0.4 is 5.32 Å². The first kappa shape index (κ1) is 21.1. The van der Waals surface area contributed by atoms with Gasteiger partial charge in [0.15, 0.2) is 11.8 Å². The van der Waals surface area contributed by atoms with Crippen LogP contribution in [0.2, 0.25) is 0 Å². The largest absolute Gasteiger partial charge is 0.448 e. The molecule has 0 saturated heterocycles. The summed E-state index contributed by atoms with van der Waals surface area (Å²) in [6, 6.07) is 8.43. The normalized spacial score (nSPS) is 11.8. The molecule has 1 N–H and O–H groups in total. The summed E-state index contributed by atoms with van der Waals surface area (Å²) in [5, 5.41) is 10.7. The number of carbonyl (C=O) groups is 2. The van der Waals surface area contributed by atoms with Crippen LogP contribution >= 0.6 is 0 Å². The fourth-order valence-corrected chi connectivity index (χ4v) is 2.80. The van der Waals surface area contributed by atoms with Gasteiger partial charge in [-0.3, -0.25) is 4.79 Å². The van der Waals surface area contributed by atoms with E-state index in [1.807, 2.05) is 32.0 Å². The maximum Gasteiger partial charge on any atom is 0.361 e. The number of rotatable bonds is 5. The highest BCUT2D eigenvalue weighted by Crippen LogP contribution is 2.17. The summed E-state index contributed by atoms with van der Waals surface area (Å²) >= 11 is 0. The number of carbonyl (C=O) groups excluding carboxylic acids is 2. The number of nitrogens with one attached hydrogen (secondary N) is 1. The minimum absolute atomic E-state index is 0.0393. The van der Waals surface area contributed by atoms with Crippen LogP contribution in [0, 0.1) is 32.4 Å². The Morgan fingerprint density at radius 2 is 1.80 bits per heavy atom. The molecule has 30 heavy (non-hydrogen) atoms. The van der Waals surface area contributed by atoms with Crippen LogP contribution in [0.1, 0.15) is 34.2 Å². The third-order valence-electron chi connectivity index (χ3n) is 4.39. The zero-order chi connectivity index (χ0) is 22.0. The lowest BCUT2D eigenvalue weighted by Gasteiger charge is -2.13. The molecule has 0 spiro atoms. The number of hydrogen-bond acceptors (Lipinski definition) is 5. The summed E-state index contributed by atoms with van der Waals surface area (Å²) < 4.78 is 31.8. The van der Waals surface area contributed by atoms with E-state index >= 15 is 0 Å². The summed E-state index contributed by atoms with van der Waals surface area (Å²) in [6.07, 6.45) is -1.24. The number of hydrogen-bond donors (Lipinski definition) is 1. The number of nitrogens with zero attached hydrogens (tertiary/aromatic N) is 3. The van der Waals surface area contributed by atoms with Gasteiger partial charge in [-0.25, -0.2) is 13.6 Å². The summed E-state index contributed by atoms with van der Waals surface area (Å²) in [4.78, 5) is 26.0. The Kier molecular flexibility index (Phi) is 5.91. The third kappa shape index (κ3) is 4.51. The van der Waals surface area contributed by atoms with Gasteiger partial charge < -0.3 is 10.1 Å². The Bertz CT molecular complexity index is 1130. The molecule has 7 nitrogen and oxygen atoms in total. The molecule has 0 fully saturated rings. The minimum Gasteiger partial charge on any atom is -0.448 e. The lowest BCUT2D eigenvalue weighted by Crippen LogP contribution is -2.30. The average molecular weight is 414 g/mol. The monoisotopic (exact) mass is 414 g/mol. The zero-order valence-corrected chi connectivity index (χ0v) is 16.9. The quantitative estimate of drug-likeness (QED) is 0.644. The molecule has 0 aliphatic carbocycles. The summed E-state index contributed by atoms with van der Waals surface area (Å²) in [5.74, 6) is -3.32. The molecule has 0 bridgehead atoms. The number of ether oxygens (including phenoxy) is 1. The minimum atomic E-state index is -1.24. The molecule has 0 unspecified atom stereocenters. The van der Waals surface area contributed by atoms with Gasteiger partial charge in [-0.1, -0.05) is 17.7 Å². The van der Waals surface area contributed by atoms with Gasteiger partial charge in [-0.2, -0.15) is 9.90 Å². The van der Waals surface area contributed by atoms with Crippen molar-refractivity contribution in [2.24, 2.45) is 0 Å². The Morgan fingerprint density at radius 1 is 1.07 bits per heavy atom. The van der Waals surface area contributed by atoms with Crippen LogP contribution in [-0.4, -0.2) is 33.0 Å². The predicted octanol–water partition coefficient (Wildman–Crippen LogP) is 3.65. The number of anilines is 1. The first-order valence-electron chi connectivity index (χ1n) is 9.14. The van der Waals surface area contributed by atoms with E-state index < -0.39 is 29.6 Å². The van der Waals surface area contributed by atoms with Crippen LogP contribution in [0.5, 0.6) is 0 Å². The van der Waals surface area contributed by atoms with Crippen LogP contribution in [0.3, 0.4) is 0 Å². The van der Waals surface area contributed by atoms with Gasteiger partial charge in [0.2, 0.25) is 0 Å². The molecule has 3 rings (SSSR count). The maximum atomic E-state index is 13.7. The van der Waals surface area contributed by atoms with E-state index in [4.69, 9.17) is 4.74 Å². The van der Waals surface area contributed by atoms with E-state index in [1.54, 1.807) is 6.92 Å². The second kappa shape index (κ2) is 8.40. The number of halogens is 2. The Labute approximate surface area is 171 Å². The fourth-order valence-electron chi connectivity index (χ4n) is 2.80. The van der Waals surface area contributed by atoms with Crippen molar-refractivity contribution in [3.05, 3.63) is 70.5 Å². The van der Waals surface area contributed by atoms with Crippen LogP contribution in [0.4, 0.5) is 14.5 Å². The van der Waals surface area contributed by atoms with Crippen molar-refractivity contribution in [1.29, 1.82) is 0 Å². The van der Waals surface area contributed by atoms with Crippen molar-refractivity contribution < 1.29 is 23.1 Å². The summed E-state index contributed by atoms with van der Waals surface area (Å²) in [6.45, 7) is 6.80. The van der Waals surface area contributed by atoms with Crippen molar-refractivity contribution in [3.8, 4) is 5.69 Å². The number of benzene rings is 2. The first-order valence-corrected chi connectivity index (χ1v) is 9.14. The standard InChI is InChI=1S/C21H20F2N4O3/c1-11-5-8-18(12(2)9-11)27-25-13(3)19(26-27)21(29)30-14(4)20(28)24-17-7-6-15(22)10-16(17)23/h5-10,14H,1-4H3,(H,24,28)/t14-/m0/s1. The highest BCUT2D eigenvalue weighted by Gasteiger charge is 2.24. The fraction of sp³-hybridized carbons (Fsp3) is 0.238. The Morgan fingerprint density at radius 3 is 2.47 bits per heavy atom. The van der Waals surface area contributed by atoms with Gasteiger partial charge in [0.05, 0.1) is 17.1 Å². The summed E-state index contributed by atoms with van der Waals surface area (Å²) in [5.41, 5.74) is 2.79. The molecule has 1 aromatic heterocycles. The van der Waals surface area contributed by atoms with Crippen molar-refractivity contribution in [2.75, 3.05) is 5.32 Å². The van der Waals surface area contributed by atoms with Crippen LogP contribution in [0.25, 0.3) is 5.69 Å². The topological polar surface area (TPSA) is 86.1 Å². The second-order valence-corrected chi connectivity index (χ2v) is 6.87. The molecule has 1 amide bonds. The molecule has 0 radical (unpaired) electrons. The second-order valence-electron chi connectivity index (χ2n) is 6.87. The van der Waals surface area contributed by atoms with Crippen molar-refractivity contribution in [3.63, 3.8) is 0 Å². The van der Waals surface area contributed by atoms with Crippen LogP contribution in [-0.2, 0) is 9.53 Å². The van der Waals surface area contributed by atoms with E-state index in [2.05, 4.69) is 15.5 Å². The predicted molar refractivity (Wildman–Crippen MR) is 105 cm³/mol. The SMILES string of the molecule is Cc1ccc(-n2nc(C)c(C(=O)O[C@@H](C)C(=O)Nc3ccc(F)cc3F)n2)c(C)c1. The number of aromatic nitrogens is 3. The van der Waals surface area contributed by atoms with E-state index in [0.717, 1.165) is 23.3 Å². The molecule has 9 heteroatoms. The van der Waals surface area contributed by atoms with Gasteiger partial charge >= 0.3 is 5.97 Å². The van der Waals surface area contributed by atoms with Gasteiger partial charge in [-0.05, 0) is 51.5 Å². The molecule has 0 aliphatic rings. The van der Waals surface area contributed by atoms with Crippen LogP contribution in [0.15, 0.2) is 36.4 Å². The van der Waals surface area contributed by atoms with E-state index in [-0.39, 0.29) is 11.4 Å². The van der Waals surface area contributed by atoms with Gasteiger partial charge in [0, 0.05) is 6.07 Å². The van der Waals surface area contributed by atoms with Crippen molar-refractivity contribution in [2.45, 2.75) is 33.8 Å². The maximum absolute atomic E-state index is 13.7. The molecule has 3 aromatic rings. The molecular weight excluding hydrogens is 394 g/mol. The van der Waals surface area contributed by atoms with E-state index in [1.165, 1.54) is 11.7 Å². The lowest BCUT2D eigenvalue weighted by molar-refractivity contribution is -0.123. The Balaban J connectivity index is 1.72. The number of aryl methyl sites for hydroxylation is 3. The molecule has 1 atom stereocenters. The molecular formula is C21H20F2N4O3. The zero-order valence-electron chi connectivity index (χ0n) is 16.9. The van der Waals surface area contributed by atoms with Crippen molar-refractivity contribution in [1.82, 2.24) is 15.0 Å². The third-order valence-corrected chi connectivity index (χ3v) is 4.39. The molecule has 156 valence electrons. The molecule has 0 saturated carbocycles. The highest BCUT2D eigenvalue weighted by atomic mass is 19.1. The van der Waals surface area contributed by atoms with E-state index in [9.17, 15) is 18.4 Å². The molecule has 2 aromatic carbocycles. The summed E-state index contributed by atoms with van der Waals surface area (Å²) in [7, 11) is 0. The molecule has 0 aliphatic heterocycles.